The number of ether oxygens (including phenoxy) is 14. The van der Waals surface area contributed by atoms with Crippen molar-refractivity contribution in [2.45, 2.75) is 134 Å². The number of methoxy groups -OCH3 is 1. The third-order valence-corrected chi connectivity index (χ3v) is 8.23. The van der Waals surface area contributed by atoms with E-state index in [0.29, 0.717) is 0 Å². The zero-order valence-corrected chi connectivity index (χ0v) is 32.7. The Morgan fingerprint density at radius 3 is 1.61 bits per heavy atom. The average molecular weight is 823 g/mol. The smallest absolute Gasteiger partial charge is 0.303 e. The van der Waals surface area contributed by atoms with Crippen molar-refractivity contribution in [1.29, 1.82) is 0 Å². The molecule has 3 saturated heterocycles. The van der Waals surface area contributed by atoms with E-state index in [1.807, 2.05) is 0 Å². The molecule has 3 aliphatic heterocycles. The topological polar surface area (TPSA) is 269 Å². The molecule has 57 heavy (non-hydrogen) atoms. The maximum atomic E-state index is 12.3. The second kappa shape index (κ2) is 22.0. The Kier molecular flexibility index (Phi) is 18.2. The van der Waals surface area contributed by atoms with Gasteiger partial charge in [0.15, 0.2) is 55.5 Å². The third-order valence-electron chi connectivity index (χ3n) is 8.23. The fourth-order valence-corrected chi connectivity index (χ4v) is 6.22. The van der Waals surface area contributed by atoms with Crippen molar-refractivity contribution in [3.05, 3.63) is 12.7 Å². The summed E-state index contributed by atoms with van der Waals surface area (Å²) < 4.78 is 78.9. The molecule has 1 N–H and O–H groups in total. The molecule has 3 aliphatic rings. The molecular formula is C35H50O22. The Balaban J connectivity index is 1.99. The molecule has 0 radical (unpaired) electrons. The highest BCUT2D eigenvalue weighted by molar-refractivity contribution is 5.69. The predicted octanol–water partition coefficient (Wildman–Crippen LogP) is -1.07. The number of rotatable bonds is 17. The largest absolute Gasteiger partial charge is 0.463 e. The Labute approximate surface area is 327 Å². The molecule has 22 nitrogen and oxygen atoms in total. The van der Waals surface area contributed by atoms with Crippen molar-refractivity contribution in [2.75, 3.05) is 33.5 Å². The first kappa shape index (κ1) is 47.1. The van der Waals surface area contributed by atoms with E-state index in [-0.39, 0.29) is 6.61 Å². The van der Waals surface area contributed by atoms with Crippen LogP contribution in [0, 0.1) is 0 Å². The number of aliphatic hydroxyl groups excluding tert-OH is 1. The second-order valence-corrected chi connectivity index (χ2v) is 12.9. The summed E-state index contributed by atoms with van der Waals surface area (Å²) in [5.41, 5.74) is 0. The Bertz CT molecular complexity index is 1430. The summed E-state index contributed by atoms with van der Waals surface area (Å²) in [5.74, 6) is -5.72. The average Bonchev–Trinajstić information content (AvgIpc) is 3.10. The minimum Gasteiger partial charge on any atom is -0.463 e. The maximum Gasteiger partial charge on any atom is 0.303 e. The van der Waals surface area contributed by atoms with Crippen molar-refractivity contribution in [1.82, 2.24) is 0 Å². The van der Waals surface area contributed by atoms with Gasteiger partial charge in [0.25, 0.3) is 0 Å². The number of carbonyl (C=O) groups excluding carboxylic acids is 7. The Hall–Kier alpha value is -4.29. The number of esters is 7. The standard InChI is InChI=1S/C35H50O22/c1-10-11-45-30-28(57-35-31(53-20(7)41)27(51-18(5)39)23(14-48-35)49-16(3)37)25(43)22(55-33(30)44-9)12-47-34-32(54-21(8)42)29(52-19(6)40)26(50-17(4)38)24(56-34)13-46-15(2)36/h10,22-35,43H,1,11-14H2,2-9H3/t22-,23-,24-,25-,26-,27+,28+,29+,30+,31+,32+,33+,34+,35-/m1/s1. The van der Waals surface area contributed by atoms with E-state index in [2.05, 4.69) is 6.58 Å². The molecule has 0 aromatic heterocycles. The van der Waals surface area contributed by atoms with E-state index in [4.69, 9.17) is 66.3 Å². The van der Waals surface area contributed by atoms with Gasteiger partial charge in [-0.2, -0.15) is 0 Å². The van der Waals surface area contributed by atoms with Crippen molar-refractivity contribution in [3.63, 3.8) is 0 Å². The summed E-state index contributed by atoms with van der Waals surface area (Å²) in [7, 11) is 1.26. The fourth-order valence-electron chi connectivity index (χ4n) is 6.22. The zero-order valence-electron chi connectivity index (χ0n) is 32.7. The second-order valence-electron chi connectivity index (χ2n) is 12.9. The van der Waals surface area contributed by atoms with Crippen LogP contribution in [0.3, 0.4) is 0 Å². The molecule has 0 amide bonds. The highest BCUT2D eigenvalue weighted by Gasteiger charge is 2.56. The summed E-state index contributed by atoms with van der Waals surface area (Å²) in [6, 6.07) is 0. The van der Waals surface area contributed by atoms with Crippen LogP contribution in [0.1, 0.15) is 48.5 Å². The molecule has 14 atom stereocenters. The van der Waals surface area contributed by atoms with Gasteiger partial charge in [-0.3, -0.25) is 33.6 Å². The molecule has 3 fully saturated rings. The van der Waals surface area contributed by atoms with Crippen LogP contribution in [0.2, 0.25) is 0 Å². The van der Waals surface area contributed by atoms with E-state index in [0.717, 1.165) is 48.5 Å². The van der Waals surface area contributed by atoms with Gasteiger partial charge in [-0.1, -0.05) is 6.08 Å². The monoisotopic (exact) mass is 822 g/mol. The van der Waals surface area contributed by atoms with E-state index in [1.165, 1.54) is 13.2 Å². The van der Waals surface area contributed by atoms with Crippen molar-refractivity contribution in [2.24, 2.45) is 0 Å². The van der Waals surface area contributed by atoms with Crippen LogP contribution in [-0.2, 0) is 99.9 Å². The van der Waals surface area contributed by atoms with Crippen LogP contribution in [0.25, 0.3) is 0 Å². The van der Waals surface area contributed by atoms with E-state index in [1.54, 1.807) is 0 Å². The van der Waals surface area contributed by atoms with Gasteiger partial charge in [0.2, 0.25) is 0 Å². The molecule has 3 rings (SSSR count). The van der Waals surface area contributed by atoms with Crippen LogP contribution < -0.4 is 0 Å². The van der Waals surface area contributed by atoms with Crippen LogP contribution in [0.15, 0.2) is 12.7 Å². The molecule has 3 heterocycles. The van der Waals surface area contributed by atoms with Gasteiger partial charge in [0.1, 0.15) is 37.1 Å². The summed E-state index contributed by atoms with van der Waals surface area (Å²) in [4.78, 5) is 84.6. The third kappa shape index (κ3) is 13.7. The lowest BCUT2D eigenvalue weighted by molar-refractivity contribution is -0.359. The Morgan fingerprint density at radius 2 is 1.09 bits per heavy atom. The molecule has 0 aromatic rings. The van der Waals surface area contributed by atoms with Crippen LogP contribution in [0.5, 0.6) is 0 Å². The molecule has 0 unspecified atom stereocenters. The summed E-state index contributed by atoms with van der Waals surface area (Å²) in [6.45, 7) is 9.54. The van der Waals surface area contributed by atoms with E-state index >= 15 is 0 Å². The molecule has 0 saturated carbocycles. The van der Waals surface area contributed by atoms with E-state index < -0.39 is 148 Å². The van der Waals surface area contributed by atoms with Crippen LogP contribution in [0.4, 0.5) is 0 Å². The van der Waals surface area contributed by atoms with Crippen molar-refractivity contribution >= 4 is 41.8 Å². The number of aliphatic hydroxyl groups is 1. The van der Waals surface area contributed by atoms with Gasteiger partial charge in [0, 0.05) is 55.6 Å². The van der Waals surface area contributed by atoms with Gasteiger partial charge < -0.3 is 71.4 Å². The maximum absolute atomic E-state index is 12.3. The molecular weight excluding hydrogens is 772 g/mol. The molecule has 22 heteroatoms. The van der Waals surface area contributed by atoms with Crippen LogP contribution in [-0.4, -0.2) is 166 Å². The minimum atomic E-state index is -1.71. The molecule has 0 aliphatic carbocycles. The van der Waals surface area contributed by atoms with Gasteiger partial charge >= 0.3 is 41.8 Å². The summed E-state index contributed by atoms with van der Waals surface area (Å²) in [5, 5.41) is 11.8. The highest BCUT2D eigenvalue weighted by atomic mass is 16.8. The van der Waals surface area contributed by atoms with Crippen molar-refractivity contribution in [3.8, 4) is 0 Å². The molecule has 0 bridgehead atoms. The fraction of sp³-hybridized carbons (Fsp3) is 0.743. The van der Waals surface area contributed by atoms with Crippen LogP contribution >= 0.6 is 0 Å². The lowest BCUT2D eigenvalue weighted by Crippen LogP contribution is -2.65. The number of hydrogen-bond acceptors (Lipinski definition) is 22. The van der Waals surface area contributed by atoms with Gasteiger partial charge in [-0.15, -0.1) is 6.58 Å². The Morgan fingerprint density at radius 1 is 0.579 bits per heavy atom. The minimum absolute atomic E-state index is 0.101. The molecule has 322 valence electrons. The van der Waals surface area contributed by atoms with Gasteiger partial charge in [-0.25, -0.2) is 0 Å². The SMILES string of the molecule is C=CCO[C@@H]1[C@@H](OC)O[C@H](CO[C@H]2O[C@H](COC(C)=O)[C@@H](OC(C)=O)[C@H](OC(C)=O)[C@@H]2OC(C)=O)[C@@H](O)[C@@H]1O[C@H]1OC[C@@H](OC(C)=O)[C@H](OC(C)=O)[C@@H]1OC(C)=O. The van der Waals surface area contributed by atoms with Gasteiger partial charge in [0.05, 0.1) is 19.8 Å². The van der Waals surface area contributed by atoms with Crippen molar-refractivity contribution < 1.29 is 105 Å². The first-order valence-corrected chi connectivity index (χ1v) is 17.7. The van der Waals surface area contributed by atoms with Gasteiger partial charge in [-0.05, 0) is 0 Å². The number of carbonyl (C=O) groups is 7. The first-order chi connectivity index (χ1) is 26.9. The molecule has 0 aromatic carbocycles. The lowest BCUT2D eigenvalue weighted by atomic mass is 9.97. The lowest BCUT2D eigenvalue weighted by Gasteiger charge is -2.47. The zero-order chi connectivity index (χ0) is 42.6. The molecule has 0 spiro atoms. The first-order valence-electron chi connectivity index (χ1n) is 17.7. The van der Waals surface area contributed by atoms with E-state index in [9.17, 15) is 38.7 Å². The highest BCUT2D eigenvalue weighted by Crippen LogP contribution is 2.34. The summed E-state index contributed by atoms with van der Waals surface area (Å²) >= 11 is 0. The predicted molar refractivity (Wildman–Crippen MR) is 181 cm³/mol. The normalized spacial score (nSPS) is 33.8. The number of hydrogen-bond donors (Lipinski definition) is 1. The summed E-state index contributed by atoms with van der Waals surface area (Å²) in [6.07, 6.45) is -19.1. The quantitative estimate of drug-likeness (QED) is 0.104.